The summed E-state index contributed by atoms with van der Waals surface area (Å²) in [4.78, 5) is 0. The number of fused-ring (bicyclic) bond motifs is 1. The van der Waals surface area contributed by atoms with E-state index in [9.17, 15) is 5.26 Å². The summed E-state index contributed by atoms with van der Waals surface area (Å²) in [5.74, 6) is -0.113. The summed E-state index contributed by atoms with van der Waals surface area (Å²) in [6.45, 7) is 2.12. The number of nitrogens with one attached hydrogen (secondary N) is 2. The van der Waals surface area contributed by atoms with Gasteiger partial charge in [0.15, 0.2) is 6.23 Å². The Kier molecular flexibility index (Phi) is 4.69. The molecule has 2 heterocycles. The van der Waals surface area contributed by atoms with Gasteiger partial charge < -0.3 is 10.5 Å². The van der Waals surface area contributed by atoms with Crippen LogP contribution < -0.4 is 16.6 Å². The Labute approximate surface area is 145 Å². The Morgan fingerprint density at radius 1 is 1.35 bits per heavy atom. The second-order valence-corrected chi connectivity index (χ2v) is 6.60. The predicted molar refractivity (Wildman–Crippen MR) is 89.4 cm³/mol. The molecule has 23 heavy (non-hydrogen) atoms. The first-order valence-corrected chi connectivity index (χ1v) is 8.35. The SMILES string of the molecule is CCCC1NNC2OC(N)=C(C#N)C(c3cccc(Cl)c3Cl)C12. The van der Waals surface area contributed by atoms with Crippen molar-refractivity contribution in [2.24, 2.45) is 11.7 Å². The lowest BCUT2D eigenvalue weighted by Gasteiger charge is -2.36. The van der Waals surface area contributed by atoms with E-state index in [1.165, 1.54) is 0 Å². The molecule has 0 radical (unpaired) electrons. The van der Waals surface area contributed by atoms with Crippen molar-refractivity contribution < 1.29 is 4.74 Å². The number of hydrogen-bond acceptors (Lipinski definition) is 5. The molecule has 5 nitrogen and oxygen atoms in total. The molecule has 0 aliphatic carbocycles. The molecule has 4 N–H and O–H groups in total. The van der Waals surface area contributed by atoms with Crippen LogP contribution >= 0.6 is 23.2 Å². The molecule has 7 heteroatoms. The van der Waals surface area contributed by atoms with Crippen LogP contribution in [0.1, 0.15) is 31.2 Å². The highest BCUT2D eigenvalue weighted by molar-refractivity contribution is 6.42. The average Bonchev–Trinajstić information content (AvgIpc) is 2.92. The van der Waals surface area contributed by atoms with Crippen molar-refractivity contribution in [1.82, 2.24) is 10.9 Å². The summed E-state index contributed by atoms with van der Waals surface area (Å²) in [5, 5.41) is 10.5. The normalized spacial score (nSPS) is 29.8. The third kappa shape index (κ3) is 2.77. The maximum absolute atomic E-state index is 9.60. The van der Waals surface area contributed by atoms with Gasteiger partial charge in [-0.3, -0.25) is 5.43 Å². The third-order valence-corrected chi connectivity index (χ3v) is 5.31. The summed E-state index contributed by atoms with van der Waals surface area (Å²) >= 11 is 12.6. The van der Waals surface area contributed by atoms with E-state index in [1.54, 1.807) is 6.07 Å². The van der Waals surface area contributed by atoms with Crippen molar-refractivity contribution in [2.75, 3.05) is 0 Å². The van der Waals surface area contributed by atoms with Gasteiger partial charge in [0.25, 0.3) is 0 Å². The molecular weight excluding hydrogens is 335 g/mol. The minimum absolute atomic E-state index is 0.00728. The molecule has 1 aromatic carbocycles. The van der Waals surface area contributed by atoms with E-state index in [1.807, 2.05) is 12.1 Å². The standard InChI is InChI=1S/C16H18Cl2N4O/c1-2-4-11-13-12(8-5-3-6-10(17)14(8)18)9(7-19)15(20)23-16(13)22-21-11/h3,5-6,11-13,16,21-22H,2,4,20H2,1H3. The summed E-state index contributed by atoms with van der Waals surface area (Å²) in [6, 6.07) is 7.82. The quantitative estimate of drug-likeness (QED) is 0.778. The predicted octanol–water partition coefficient (Wildman–Crippen LogP) is 3.02. The number of nitriles is 1. The van der Waals surface area contributed by atoms with E-state index in [4.69, 9.17) is 33.7 Å². The lowest BCUT2D eigenvalue weighted by molar-refractivity contribution is 0.0337. The molecule has 0 amide bonds. The van der Waals surface area contributed by atoms with Gasteiger partial charge in [0.1, 0.15) is 6.07 Å². The van der Waals surface area contributed by atoms with Gasteiger partial charge in [-0.15, -0.1) is 0 Å². The Morgan fingerprint density at radius 2 is 2.13 bits per heavy atom. The van der Waals surface area contributed by atoms with E-state index in [2.05, 4.69) is 23.8 Å². The molecule has 0 bridgehead atoms. The third-order valence-electron chi connectivity index (χ3n) is 4.48. The van der Waals surface area contributed by atoms with Crippen LogP contribution in [0.5, 0.6) is 0 Å². The summed E-state index contributed by atoms with van der Waals surface area (Å²) in [6.07, 6.45) is 1.66. The maximum Gasteiger partial charge on any atom is 0.200 e. The fourth-order valence-electron chi connectivity index (χ4n) is 3.48. The minimum Gasteiger partial charge on any atom is -0.458 e. The topological polar surface area (TPSA) is 83.1 Å². The van der Waals surface area contributed by atoms with Crippen LogP contribution in [-0.4, -0.2) is 12.3 Å². The number of rotatable bonds is 3. The molecule has 1 saturated heterocycles. The average molecular weight is 353 g/mol. The second kappa shape index (κ2) is 6.58. The van der Waals surface area contributed by atoms with Crippen molar-refractivity contribution in [3.8, 4) is 6.07 Å². The van der Waals surface area contributed by atoms with Gasteiger partial charge in [0.05, 0.1) is 15.6 Å². The largest absolute Gasteiger partial charge is 0.458 e. The van der Waals surface area contributed by atoms with Crippen LogP contribution in [0.4, 0.5) is 0 Å². The zero-order chi connectivity index (χ0) is 16.6. The van der Waals surface area contributed by atoms with Gasteiger partial charge >= 0.3 is 0 Å². The Morgan fingerprint density at radius 3 is 2.83 bits per heavy atom. The lowest BCUT2D eigenvalue weighted by Crippen LogP contribution is -2.41. The highest BCUT2D eigenvalue weighted by Gasteiger charge is 2.48. The van der Waals surface area contributed by atoms with Gasteiger partial charge in [0, 0.05) is 17.9 Å². The van der Waals surface area contributed by atoms with Gasteiger partial charge in [-0.05, 0) is 18.1 Å². The van der Waals surface area contributed by atoms with Gasteiger partial charge in [0.2, 0.25) is 5.88 Å². The van der Waals surface area contributed by atoms with E-state index < -0.39 is 0 Å². The van der Waals surface area contributed by atoms with Gasteiger partial charge in [-0.2, -0.15) is 5.26 Å². The summed E-state index contributed by atoms with van der Waals surface area (Å²) in [7, 11) is 0. The van der Waals surface area contributed by atoms with Crippen molar-refractivity contribution in [1.29, 1.82) is 5.26 Å². The van der Waals surface area contributed by atoms with E-state index in [-0.39, 0.29) is 30.0 Å². The lowest BCUT2D eigenvalue weighted by atomic mass is 9.75. The number of benzene rings is 1. The number of halogens is 2. The van der Waals surface area contributed by atoms with Crippen LogP contribution in [0.15, 0.2) is 29.7 Å². The van der Waals surface area contributed by atoms with Gasteiger partial charge in [-0.25, -0.2) is 5.43 Å². The smallest absolute Gasteiger partial charge is 0.200 e. The Hall–Kier alpha value is -1.45. The molecule has 1 aromatic rings. The fraction of sp³-hybridized carbons (Fsp3) is 0.438. The molecule has 3 rings (SSSR count). The first kappa shape index (κ1) is 16.4. The molecule has 2 aliphatic heterocycles. The number of ether oxygens (including phenoxy) is 1. The number of allylic oxidation sites excluding steroid dienone is 1. The molecule has 4 unspecified atom stereocenters. The van der Waals surface area contributed by atoms with Crippen molar-refractivity contribution in [2.45, 2.75) is 38.0 Å². The van der Waals surface area contributed by atoms with Crippen LogP contribution in [0.2, 0.25) is 10.0 Å². The molecule has 0 aromatic heterocycles. The molecular formula is C16H18Cl2N4O. The van der Waals surface area contributed by atoms with E-state index in [0.29, 0.717) is 15.6 Å². The van der Waals surface area contributed by atoms with E-state index >= 15 is 0 Å². The van der Waals surface area contributed by atoms with Crippen molar-refractivity contribution >= 4 is 23.2 Å². The molecule has 1 fully saturated rings. The first-order valence-electron chi connectivity index (χ1n) is 7.59. The Bertz CT molecular complexity index is 685. The zero-order valence-corrected chi connectivity index (χ0v) is 14.2. The van der Waals surface area contributed by atoms with E-state index in [0.717, 1.165) is 18.4 Å². The van der Waals surface area contributed by atoms with Crippen LogP contribution in [0, 0.1) is 17.2 Å². The van der Waals surface area contributed by atoms with Gasteiger partial charge in [-0.1, -0.05) is 48.7 Å². The molecule has 0 spiro atoms. The number of nitrogens with two attached hydrogens (primary N) is 1. The number of hydrogen-bond donors (Lipinski definition) is 3. The zero-order valence-electron chi connectivity index (χ0n) is 12.6. The Balaban J connectivity index is 2.13. The maximum atomic E-state index is 9.60. The fourth-order valence-corrected chi connectivity index (χ4v) is 3.90. The first-order chi connectivity index (χ1) is 11.1. The van der Waals surface area contributed by atoms with Crippen LogP contribution in [-0.2, 0) is 4.74 Å². The van der Waals surface area contributed by atoms with Crippen LogP contribution in [0.25, 0.3) is 0 Å². The van der Waals surface area contributed by atoms with Crippen molar-refractivity contribution in [3.63, 3.8) is 0 Å². The highest BCUT2D eigenvalue weighted by atomic mass is 35.5. The number of hydrazine groups is 1. The molecule has 122 valence electrons. The molecule has 2 aliphatic rings. The monoisotopic (exact) mass is 352 g/mol. The van der Waals surface area contributed by atoms with Crippen LogP contribution in [0.3, 0.4) is 0 Å². The minimum atomic E-state index is -0.302. The summed E-state index contributed by atoms with van der Waals surface area (Å²) in [5.41, 5.74) is 13.6. The molecule has 0 saturated carbocycles. The summed E-state index contributed by atoms with van der Waals surface area (Å²) < 4.78 is 5.70. The molecule has 4 atom stereocenters. The number of nitrogens with zero attached hydrogens (tertiary/aromatic N) is 1. The van der Waals surface area contributed by atoms with Crippen molar-refractivity contribution in [3.05, 3.63) is 45.3 Å². The highest BCUT2D eigenvalue weighted by Crippen LogP contribution is 2.46. The second-order valence-electron chi connectivity index (χ2n) is 5.81.